The molecule has 0 amide bonds. The number of nitrogens with one attached hydrogen (secondary N) is 1. The number of nitrogens with zero attached hydrogens (tertiary/aromatic N) is 2. The predicted octanol–water partition coefficient (Wildman–Crippen LogP) is 2.53. The fraction of sp³-hybridized carbons (Fsp3) is 0.429. The first-order chi connectivity index (χ1) is 9.95. The van der Waals surface area contributed by atoms with E-state index in [9.17, 15) is 18.0 Å². The van der Waals surface area contributed by atoms with E-state index in [0.717, 1.165) is 48.5 Å². The maximum atomic E-state index is 12.7. The van der Waals surface area contributed by atoms with Crippen molar-refractivity contribution in [2.45, 2.75) is 31.5 Å². The monoisotopic (exact) mass is 297 g/mol. The van der Waals surface area contributed by atoms with E-state index in [-0.39, 0.29) is 17.2 Å². The molecule has 1 aliphatic rings. The molecule has 2 aromatic heterocycles. The van der Waals surface area contributed by atoms with Gasteiger partial charge in [-0.05, 0) is 31.5 Å². The largest absolute Gasteiger partial charge is 0.416 e. The second kappa shape index (κ2) is 5.14. The van der Waals surface area contributed by atoms with Gasteiger partial charge in [-0.25, -0.2) is 4.98 Å². The lowest BCUT2D eigenvalue weighted by atomic mass is 10.0. The topological polar surface area (TPSA) is 46.4 Å². The first kappa shape index (κ1) is 14.1. The molecule has 1 fully saturated rings. The number of hydrogen-bond acceptors (Lipinski definition) is 3. The van der Waals surface area contributed by atoms with E-state index in [1.165, 1.54) is 6.07 Å². The summed E-state index contributed by atoms with van der Waals surface area (Å²) in [4.78, 5) is 16.3. The van der Waals surface area contributed by atoms with Crippen LogP contribution in [0.25, 0.3) is 5.65 Å². The number of rotatable bonds is 1. The minimum absolute atomic E-state index is 0.0275. The molecule has 1 saturated heterocycles. The summed E-state index contributed by atoms with van der Waals surface area (Å²) in [6.07, 6.45) is -0.422. The number of hydrogen-bond donors (Lipinski definition) is 1. The van der Waals surface area contributed by atoms with Crippen LogP contribution in [0.4, 0.5) is 13.2 Å². The van der Waals surface area contributed by atoms with Gasteiger partial charge in [0.25, 0.3) is 5.56 Å². The molecule has 21 heavy (non-hydrogen) atoms. The minimum Gasteiger partial charge on any atom is -0.309 e. The van der Waals surface area contributed by atoms with Crippen LogP contribution < -0.4 is 10.9 Å². The Hall–Kier alpha value is -1.89. The first-order valence-corrected chi connectivity index (χ1v) is 6.79. The molecular formula is C14H14F3N3O. The summed E-state index contributed by atoms with van der Waals surface area (Å²) in [5.74, 6) is 0. The zero-order chi connectivity index (χ0) is 15.0. The second-order valence-electron chi connectivity index (χ2n) is 5.16. The van der Waals surface area contributed by atoms with Crippen molar-refractivity contribution in [3.8, 4) is 0 Å². The third-order valence-corrected chi connectivity index (χ3v) is 3.68. The Bertz CT molecular complexity index is 717. The lowest BCUT2D eigenvalue weighted by Crippen LogP contribution is -2.29. The van der Waals surface area contributed by atoms with Crippen LogP contribution in [0.15, 0.2) is 29.2 Å². The van der Waals surface area contributed by atoms with Crippen molar-refractivity contribution in [1.29, 1.82) is 0 Å². The summed E-state index contributed by atoms with van der Waals surface area (Å²) in [6, 6.07) is 3.12. The van der Waals surface area contributed by atoms with Crippen molar-refractivity contribution in [2.75, 3.05) is 6.54 Å². The number of alkyl halides is 3. The molecule has 1 aliphatic heterocycles. The number of fused-ring (bicyclic) bond motifs is 1. The first-order valence-electron chi connectivity index (χ1n) is 6.79. The molecule has 1 unspecified atom stereocenters. The number of aromatic nitrogens is 2. The Morgan fingerprint density at radius 3 is 2.76 bits per heavy atom. The molecule has 0 aliphatic carbocycles. The standard InChI is InChI=1S/C14H14F3N3O/c15-14(16,17)9-4-6-20-12(7-9)19-11(8-13(20)21)10-3-1-2-5-18-10/h4,6-8,10,18H,1-3,5H2. The van der Waals surface area contributed by atoms with Gasteiger partial charge in [0.05, 0.1) is 11.3 Å². The van der Waals surface area contributed by atoms with Crippen molar-refractivity contribution in [2.24, 2.45) is 0 Å². The predicted molar refractivity (Wildman–Crippen MR) is 71.1 cm³/mol. The molecule has 7 heteroatoms. The number of piperidine rings is 1. The van der Waals surface area contributed by atoms with Gasteiger partial charge in [0, 0.05) is 18.3 Å². The number of pyridine rings is 1. The van der Waals surface area contributed by atoms with Crippen LogP contribution >= 0.6 is 0 Å². The fourth-order valence-corrected chi connectivity index (χ4v) is 2.58. The zero-order valence-electron chi connectivity index (χ0n) is 11.2. The van der Waals surface area contributed by atoms with Crippen LogP contribution in [-0.4, -0.2) is 15.9 Å². The van der Waals surface area contributed by atoms with E-state index in [1.54, 1.807) is 0 Å². The van der Waals surface area contributed by atoms with Gasteiger partial charge in [-0.3, -0.25) is 9.20 Å². The second-order valence-corrected chi connectivity index (χ2v) is 5.16. The summed E-state index contributed by atoms with van der Waals surface area (Å²) < 4.78 is 39.4. The highest BCUT2D eigenvalue weighted by Gasteiger charge is 2.31. The highest BCUT2D eigenvalue weighted by molar-refractivity contribution is 5.43. The summed E-state index contributed by atoms with van der Waals surface area (Å²) in [6.45, 7) is 0.828. The third-order valence-electron chi connectivity index (χ3n) is 3.68. The lowest BCUT2D eigenvalue weighted by molar-refractivity contribution is -0.137. The highest BCUT2D eigenvalue weighted by Crippen LogP contribution is 2.29. The van der Waals surface area contributed by atoms with E-state index in [4.69, 9.17) is 0 Å². The van der Waals surface area contributed by atoms with Gasteiger partial charge in [-0.15, -0.1) is 0 Å². The molecule has 0 aromatic carbocycles. The van der Waals surface area contributed by atoms with Crippen molar-refractivity contribution >= 4 is 5.65 Å². The van der Waals surface area contributed by atoms with E-state index in [1.807, 2.05) is 0 Å². The van der Waals surface area contributed by atoms with Crippen molar-refractivity contribution < 1.29 is 13.2 Å². The molecule has 1 atom stereocenters. The summed E-state index contributed by atoms with van der Waals surface area (Å²) in [5.41, 5.74) is -0.627. The molecule has 3 rings (SSSR count). The molecule has 0 spiro atoms. The van der Waals surface area contributed by atoms with Gasteiger partial charge in [-0.1, -0.05) is 6.42 Å². The Morgan fingerprint density at radius 2 is 2.10 bits per heavy atom. The Morgan fingerprint density at radius 1 is 1.29 bits per heavy atom. The van der Waals surface area contributed by atoms with E-state index >= 15 is 0 Å². The molecule has 2 aromatic rings. The molecule has 0 bridgehead atoms. The molecule has 112 valence electrons. The van der Waals surface area contributed by atoms with Gasteiger partial charge in [-0.2, -0.15) is 13.2 Å². The molecular weight excluding hydrogens is 283 g/mol. The van der Waals surface area contributed by atoms with Gasteiger partial charge in [0.2, 0.25) is 0 Å². The van der Waals surface area contributed by atoms with Crippen LogP contribution in [-0.2, 0) is 6.18 Å². The summed E-state index contributed by atoms with van der Waals surface area (Å²) in [7, 11) is 0. The van der Waals surface area contributed by atoms with E-state index in [0.29, 0.717) is 5.69 Å². The SMILES string of the molecule is O=c1cc(C2CCCCN2)nc2cc(C(F)(F)F)ccn12. The van der Waals surface area contributed by atoms with Crippen molar-refractivity contribution in [3.05, 3.63) is 46.0 Å². The summed E-state index contributed by atoms with van der Waals surface area (Å²) in [5, 5.41) is 3.24. The maximum Gasteiger partial charge on any atom is 0.416 e. The molecule has 0 saturated carbocycles. The fourth-order valence-electron chi connectivity index (χ4n) is 2.58. The van der Waals surface area contributed by atoms with Crippen LogP contribution in [0.1, 0.15) is 36.6 Å². The van der Waals surface area contributed by atoms with Crippen LogP contribution in [0.2, 0.25) is 0 Å². The molecule has 3 heterocycles. The Kier molecular flexibility index (Phi) is 3.44. The van der Waals surface area contributed by atoms with Crippen molar-refractivity contribution in [3.63, 3.8) is 0 Å². The quantitative estimate of drug-likeness (QED) is 0.880. The lowest BCUT2D eigenvalue weighted by Gasteiger charge is -2.23. The average Bonchev–Trinajstić information content (AvgIpc) is 2.46. The van der Waals surface area contributed by atoms with Gasteiger partial charge >= 0.3 is 6.18 Å². The summed E-state index contributed by atoms with van der Waals surface area (Å²) >= 11 is 0. The van der Waals surface area contributed by atoms with Gasteiger partial charge in [0.1, 0.15) is 5.65 Å². The van der Waals surface area contributed by atoms with Crippen molar-refractivity contribution in [1.82, 2.24) is 14.7 Å². The molecule has 4 nitrogen and oxygen atoms in total. The number of halogens is 3. The average molecular weight is 297 g/mol. The van der Waals surface area contributed by atoms with Crippen LogP contribution in [0, 0.1) is 0 Å². The normalized spacial score (nSPS) is 19.9. The van der Waals surface area contributed by atoms with Gasteiger partial charge < -0.3 is 5.32 Å². The van der Waals surface area contributed by atoms with Crippen LogP contribution in [0.5, 0.6) is 0 Å². The van der Waals surface area contributed by atoms with Gasteiger partial charge in [0.15, 0.2) is 0 Å². The van der Waals surface area contributed by atoms with E-state index < -0.39 is 11.7 Å². The zero-order valence-corrected chi connectivity index (χ0v) is 11.2. The Labute approximate surface area is 118 Å². The third kappa shape index (κ3) is 2.78. The minimum atomic E-state index is -4.45. The maximum absolute atomic E-state index is 12.7. The highest BCUT2D eigenvalue weighted by atomic mass is 19.4. The van der Waals surface area contributed by atoms with Crippen LogP contribution in [0.3, 0.4) is 0 Å². The van der Waals surface area contributed by atoms with E-state index in [2.05, 4.69) is 10.3 Å². The smallest absolute Gasteiger partial charge is 0.309 e. The molecule has 0 radical (unpaired) electrons. The molecule has 1 N–H and O–H groups in total. The Balaban J connectivity index is 2.10.